The van der Waals surface area contributed by atoms with Gasteiger partial charge in [-0.2, -0.15) is 0 Å². The number of anilines is 2. The number of hydrogen-bond donors (Lipinski definition) is 2. The second-order valence-corrected chi connectivity index (χ2v) is 3.83. The monoisotopic (exact) mass is 254 g/mol. The first-order chi connectivity index (χ1) is 8.86. The molecule has 0 aromatic carbocycles. The maximum Gasteiger partial charge on any atom is 0.131 e. The van der Waals surface area contributed by atoms with Gasteiger partial charge in [0.05, 0.1) is 0 Å². The Labute approximate surface area is 108 Å². The van der Waals surface area contributed by atoms with Crippen molar-refractivity contribution in [1.29, 1.82) is 0 Å². The first-order valence-corrected chi connectivity index (χ1v) is 6.14. The van der Waals surface area contributed by atoms with E-state index in [9.17, 15) is 0 Å². The van der Waals surface area contributed by atoms with E-state index in [1.165, 1.54) is 0 Å². The molecule has 0 aliphatic carbocycles. The average molecular weight is 254 g/mol. The topological polar surface area (TPSA) is 68.3 Å². The van der Waals surface area contributed by atoms with Crippen LogP contribution in [0.3, 0.4) is 0 Å². The predicted molar refractivity (Wildman–Crippen MR) is 72.0 cm³/mol. The zero-order chi connectivity index (χ0) is 13.1. The van der Waals surface area contributed by atoms with Crippen molar-refractivity contribution in [3.8, 4) is 0 Å². The van der Waals surface area contributed by atoms with E-state index in [4.69, 9.17) is 9.47 Å². The first-order valence-electron chi connectivity index (χ1n) is 6.14. The summed E-state index contributed by atoms with van der Waals surface area (Å²) >= 11 is 0. The van der Waals surface area contributed by atoms with Crippen LogP contribution in [-0.4, -0.2) is 50.5 Å². The lowest BCUT2D eigenvalue weighted by Gasteiger charge is -2.08. The molecule has 0 spiro atoms. The Morgan fingerprint density at radius 2 is 1.44 bits per heavy atom. The molecular weight excluding hydrogens is 232 g/mol. The molecule has 0 fully saturated rings. The summed E-state index contributed by atoms with van der Waals surface area (Å²) in [5.41, 5.74) is 0. The van der Waals surface area contributed by atoms with Gasteiger partial charge in [-0.3, -0.25) is 0 Å². The van der Waals surface area contributed by atoms with E-state index in [0.29, 0.717) is 0 Å². The van der Waals surface area contributed by atoms with Crippen LogP contribution in [0.2, 0.25) is 0 Å². The third-order valence-corrected chi connectivity index (χ3v) is 2.33. The second-order valence-electron chi connectivity index (χ2n) is 3.83. The summed E-state index contributed by atoms with van der Waals surface area (Å²) in [7, 11) is 3.40. The van der Waals surface area contributed by atoms with Gasteiger partial charge in [0.25, 0.3) is 0 Å². The fourth-order valence-electron chi connectivity index (χ4n) is 1.42. The molecule has 6 nitrogen and oxygen atoms in total. The minimum Gasteiger partial charge on any atom is -0.385 e. The van der Waals surface area contributed by atoms with Crippen molar-refractivity contribution in [2.24, 2.45) is 0 Å². The van der Waals surface area contributed by atoms with Crippen LogP contribution >= 0.6 is 0 Å². The molecule has 0 unspecified atom stereocenters. The number of aromatic nitrogens is 2. The SMILES string of the molecule is COCCCNc1cc(NCCCOC)ncn1. The van der Waals surface area contributed by atoms with Gasteiger partial charge in [0, 0.05) is 46.6 Å². The van der Waals surface area contributed by atoms with Crippen LogP contribution in [-0.2, 0) is 9.47 Å². The van der Waals surface area contributed by atoms with E-state index >= 15 is 0 Å². The summed E-state index contributed by atoms with van der Waals surface area (Å²) in [5.74, 6) is 1.66. The van der Waals surface area contributed by atoms with Gasteiger partial charge < -0.3 is 20.1 Å². The Kier molecular flexibility index (Phi) is 7.83. The van der Waals surface area contributed by atoms with Crippen LogP contribution in [0.5, 0.6) is 0 Å². The number of nitrogens with zero attached hydrogens (tertiary/aromatic N) is 2. The molecule has 0 amide bonds. The maximum absolute atomic E-state index is 4.98. The van der Waals surface area contributed by atoms with Gasteiger partial charge in [-0.05, 0) is 12.8 Å². The quantitative estimate of drug-likeness (QED) is 0.615. The highest BCUT2D eigenvalue weighted by atomic mass is 16.5. The summed E-state index contributed by atoms with van der Waals surface area (Å²) in [5, 5.41) is 6.45. The number of hydrogen-bond acceptors (Lipinski definition) is 6. The molecule has 18 heavy (non-hydrogen) atoms. The van der Waals surface area contributed by atoms with E-state index in [1.807, 2.05) is 6.07 Å². The Balaban J connectivity index is 2.27. The van der Waals surface area contributed by atoms with Gasteiger partial charge in [-0.1, -0.05) is 0 Å². The standard InChI is InChI=1S/C12H22N4O2/c1-17-7-3-5-13-11-9-12(16-10-15-11)14-6-4-8-18-2/h9-10H,3-8H2,1-2H3,(H2,13,14,15,16). The highest BCUT2D eigenvalue weighted by Crippen LogP contribution is 2.08. The van der Waals surface area contributed by atoms with Crippen molar-refractivity contribution in [3.63, 3.8) is 0 Å². The molecule has 0 saturated heterocycles. The van der Waals surface area contributed by atoms with Gasteiger partial charge in [-0.15, -0.1) is 0 Å². The van der Waals surface area contributed by atoms with Crippen molar-refractivity contribution in [2.45, 2.75) is 12.8 Å². The smallest absolute Gasteiger partial charge is 0.131 e. The maximum atomic E-state index is 4.98. The van der Waals surface area contributed by atoms with Gasteiger partial charge in [0.15, 0.2) is 0 Å². The zero-order valence-electron chi connectivity index (χ0n) is 11.1. The molecule has 0 saturated carbocycles. The summed E-state index contributed by atoms with van der Waals surface area (Å²) in [6, 6.07) is 1.90. The van der Waals surface area contributed by atoms with Crippen molar-refractivity contribution >= 4 is 11.6 Å². The largest absolute Gasteiger partial charge is 0.385 e. The normalized spacial score (nSPS) is 10.3. The molecule has 1 aromatic rings. The highest BCUT2D eigenvalue weighted by molar-refractivity contribution is 5.46. The molecule has 1 heterocycles. The lowest BCUT2D eigenvalue weighted by molar-refractivity contribution is 0.197. The number of ether oxygens (including phenoxy) is 2. The molecule has 0 radical (unpaired) electrons. The van der Waals surface area contributed by atoms with Crippen molar-refractivity contribution in [3.05, 3.63) is 12.4 Å². The molecule has 2 N–H and O–H groups in total. The average Bonchev–Trinajstić information content (AvgIpc) is 2.40. The molecular formula is C12H22N4O2. The van der Waals surface area contributed by atoms with E-state index in [-0.39, 0.29) is 0 Å². The summed E-state index contributed by atoms with van der Waals surface area (Å²) < 4.78 is 9.97. The van der Waals surface area contributed by atoms with Gasteiger partial charge in [0.2, 0.25) is 0 Å². The number of methoxy groups -OCH3 is 2. The van der Waals surface area contributed by atoms with Gasteiger partial charge >= 0.3 is 0 Å². The Morgan fingerprint density at radius 3 is 1.89 bits per heavy atom. The molecule has 1 rings (SSSR count). The second kappa shape index (κ2) is 9.61. The molecule has 0 aliphatic rings. The van der Waals surface area contributed by atoms with Crippen molar-refractivity contribution in [1.82, 2.24) is 9.97 Å². The molecule has 1 aromatic heterocycles. The lowest BCUT2D eigenvalue weighted by Crippen LogP contribution is -2.09. The number of rotatable bonds is 10. The van der Waals surface area contributed by atoms with E-state index in [2.05, 4.69) is 20.6 Å². The van der Waals surface area contributed by atoms with Crippen LogP contribution < -0.4 is 10.6 Å². The van der Waals surface area contributed by atoms with Crippen LogP contribution in [0.1, 0.15) is 12.8 Å². The third-order valence-electron chi connectivity index (χ3n) is 2.33. The van der Waals surface area contributed by atoms with Crippen molar-refractivity contribution in [2.75, 3.05) is 51.2 Å². The molecule has 102 valence electrons. The zero-order valence-corrected chi connectivity index (χ0v) is 11.1. The molecule has 6 heteroatoms. The van der Waals surface area contributed by atoms with Crippen molar-refractivity contribution < 1.29 is 9.47 Å². The Morgan fingerprint density at radius 1 is 0.944 bits per heavy atom. The van der Waals surface area contributed by atoms with Crippen LogP contribution in [0.4, 0.5) is 11.6 Å². The fraction of sp³-hybridized carbons (Fsp3) is 0.667. The van der Waals surface area contributed by atoms with E-state index < -0.39 is 0 Å². The molecule has 0 aliphatic heterocycles. The fourth-order valence-corrected chi connectivity index (χ4v) is 1.42. The van der Waals surface area contributed by atoms with E-state index in [1.54, 1.807) is 20.5 Å². The molecule has 0 atom stereocenters. The molecule has 0 bridgehead atoms. The first kappa shape index (κ1) is 14.7. The van der Waals surface area contributed by atoms with Gasteiger partial charge in [-0.25, -0.2) is 9.97 Å². The van der Waals surface area contributed by atoms with Crippen LogP contribution in [0.25, 0.3) is 0 Å². The van der Waals surface area contributed by atoms with Gasteiger partial charge in [0.1, 0.15) is 18.0 Å². The number of nitrogens with one attached hydrogen (secondary N) is 2. The summed E-state index contributed by atoms with van der Waals surface area (Å²) in [6.45, 7) is 3.18. The van der Waals surface area contributed by atoms with E-state index in [0.717, 1.165) is 50.8 Å². The minimum atomic E-state index is 0.750. The Hall–Kier alpha value is -1.40. The Bertz CT molecular complexity index is 295. The van der Waals surface area contributed by atoms with Crippen LogP contribution in [0.15, 0.2) is 12.4 Å². The third kappa shape index (κ3) is 6.36. The lowest BCUT2D eigenvalue weighted by atomic mass is 10.4. The predicted octanol–water partition coefficient (Wildman–Crippen LogP) is 1.37. The summed E-state index contributed by atoms with van der Waals surface area (Å²) in [6.07, 6.45) is 3.46. The minimum absolute atomic E-state index is 0.750. The highest BCUT2D eigenvalue weighted by Gasteiger charge is 1.97. The van der Waals surface area contributed by atoms with Crippen LogP contribution in [0, 0.1) is 0 Å². The summed E-state index contributed by atoms with van der Waals surface area (Å²) in [4.78, 5) is 8.31.